The van der Waals surface area contributed by atoms with Crippen molar-refractivity contribution in [1.29, 1.82) is 0 Å². The van der Waals surface area contributed by atoms with E-state index in [9.17, 15) is 24.0 Å². The second-order valence-electron chi connectivity index (χ2n) is 7.39. The van der Waals surface area contributed by atoms with Crippen molar-refractivity contribution in [2.24, 2.45) is 11.8 Å². The highest BCUT2D eigenvalue weighted by Gasteiger charge is 2.47. The van der Waals surface area contributed by atoms with Crippen molar-refractivity contribution in [3.8, 4) is 0 Å². The molecule has 1 saturated carbocycles. The molecule has 2 fully saturated rings. The number of imide groups is 1. The lowest BCUT2D eigenvalue weighted by Crippen LogP contribution is -2.33. The number of amides is 3. The molecule has 2 atom stereocenters. The number of carbonyl (C=O) groups is 5. The van der Waals surface area contributed by atoms with Crippen LogP contribution >= 0.6 is 0 Å². The number of ether oxygens (including phenoxy) is 1. The molecule has 1 aliphatic carbocycles. The van der Waals surface area contributed by atoms with Gasteiger partial charge in [0.05, 0.1) is 23.9 Å². The summed E-state index contributed by atoms with van der Waals surface area (Å²) in [5.41, 5.74) is 0.705. The molecule has 1 N–H and O–H groups in total. The molecule has 0 unspecified atom stereocenters. The summed E-state index contributed by atoms with van der Waals surface area (Å²) in [5, 5.41) is 2.54. The zero-order chi connectivity index (χ0) is 21.0. The number of para-hydroxylation sites is 1. The van der Waals surface area contributed by atoms with Crippen LogP contribution in [0.15, 0.2) is 24.3 Å². The van der Waals surface area contributed by atoms with Crippen LogP contribution in [0.1, 0.15) is 49.4 Å². The number of benzene rings is 1. The zero-order valence-electron chi connectivity index (χ0n) is 16.3. The minimum Gasteiger partial charge on any atom is -0.456 e. The van der Waals surface area contributed by atoms with Gasteiger partial charge in [-0.05, 0) is 31.9 Å². The van der Waals surface area contributed by atoms with Gasteiger partial charge in [0.15, 0.2) is 12.4 Å². The quantitative estimate of drug-likeness (QED) is 0.425. The van der Waals surface area contributed by atoms with Gasteiger partial charge in [0.1, 0.15) is 0 Å². The SMILES string of the molecule is CC(=O)c1ccccc1NC(=O)COC(=O)CCN1C(=O)[C@H]2CCCC[C@H]2C1=O. The minimum absolute atomic E-state index is 0.0295. The van der Waals surface area contributed by atoms with Gasteiger partial charge < -0.3 is 10.1 Å². The Morgan fingerprint density at radius 3 is 2.31 bits per heavy atom. The average molecular weight is 400 g/mol. The lowest BCUT2D eigenvalue weighted by Gasteiger charge is -2.19. The maximum Gasteiger partial charge on any atom is 0.308 e. The van der Waals surface area contributed by atoms with Gasteiger partial charge >= 0.3 is 5.97 Å². The fraction of sp³-hybridized carbons (Fsp3) is 0.476. The number of rotatable bonds is 7. The van der Waals surface area contributed by atoms with Crippen LogP contribution in [0, 0.1) is 11.8 Å². The predicted molar refractivity (Wildman–Crippen MR) is 103 cm³/mol. The highest BCUT2D eigenvalue weighted by Crippen LogP contribution is 2.37. The van der Waals surface area contributed by atoms with Crippen LogP contribution in [0.4, 0.5) is 5.69 Å². The summed E-state index contributed by atoms with van der Waals surface area (Å²) in [7, 11) is 0. The van der Waals surface area contributed by atoms with E-state index in [2.05, 4.69) is 5.32 Å². The number of nitrogens with zero attached hydrogens (tertiary/aromatic N) is 1. The van der Waals surface area contributed by atoms with Gasteiger partial charge in [-0.2, -0.15) is 0 Å². The highest BCUT2D eigenvalue weighted by atomic mass is 16.5. The summed E-state index contributed by atoms with van der Waals surface area (Å²) in [6.07, 6.45) is 3.17. The molecule has 1 saturated heterocycles. The zero-order valence-corrected chi connectivity index (χ0v) is 16.3. The van der Waals surface area contributed by atoms with Crippen LogP contribution in [0.25, 0.3) is 0 Å². The third-order valence-corrected chi connectivity index (χ3v) is 5.42. The topological polar surface area (TPSA) is 110 Å². The first-order valence-electron chi connectivity index (χ1n) is 9.79. The first-order valence-corrected chi connectivity index (χ1v) is 9.79. The van der Waals surface area contributed by atoms with Crippen molar-refractivity contribution >= 4 is 35.2 Å². The Labute approximate surface area is 168 Å². The van der Waals surface area contributed by atoms with Crippen molar-refractivity contribution < 1.29 is 28.7 Å². The van der Waals surface area contributed by atoms with Gasteiger partial charge in [0, 0.05) is 12.1 Å². The summed E-state index contributed by atoms with van der Waals surface area (Å²) in [6, 6.07) is 6.53. The minimum atomic E-state index is -0.671. The van der Waals surface area contributed by atoms with E-state index in [4.69, 9.17) is 4.74 Å². The van der Waals surface area contributed by atoms with Crippen LogP contribution in [0.5, 0.6) is 0 Å². The van der Waals surface area contributed by atoms with Gasteiger partial charge in [-0.15, -0.1) is 0 Å². The van der Waals surface area contributed by atoms with Crippen LogP contribution in [-0.4, -0.2) is 47.5 Å². The summed E-state index contributed by atoms with van der Waals surface area (Å²) in [4.78, 5) is 61.5. The molecule has 1 aromatic carbocycles. The highest BCUT2D eigenvalue weighted by molar-refractivity contribution is 6.05. The Bertz CT molecular complexity index is 825. The molecule has 0 radical (unpaired) electrons. The average Bonchev–Trinajstić information content (AvgIpc) is 2.95. The van der Waals surface area contributed by atoms with Crippen molar-refractivity contribution in [1.82, 2.24) is 4.90 Å². The van der Waals surface area contributed by atoms with Crippen molar-refractivity contribution in [3.05, 3.63) is 29.8 Å². The lowest BCUT2D eigenvalue weighted by molar-refractivity contribution is -0.148. The van der Waals surface area contributed by atoms with Crippen molar-refractivity contribution in [3.63, 3.8) is 0 Å². The predicted octanol–water partition coefficient (Wildman–Crippen LogP) is 1.94. The molecular formula is C21H24N2O6. The Balaban J connectivity index is 1.46. The third-order valence-electron chi connectivity index (χ3n) is 5.42. The normalized spacial score (nSPS) is 20.9. The molecule has 1 aromatic rings. The largest absolute Gasteiger partial charge is 0.456 e. The Hall–Kier alpha value is -3.03. The molecule has 3 rings (SSSR count). The number of Topliss-reactive ketones (excluding diaryl/α,β-unsaturated/α-hetero) is 1. The molecule has 0 bridgehead atoms. The molecule has 1 heterocycles. The number of ketones is 1. The maximum absolute atomic E-state index is 12.4. The lowest BCUT2D eigenvalue weighted by atomic mass is 9.81. The number of nitrogens with one attached hydrogen (secondary N) is 1. The van der Waals surface area contributed by atoms with Gasteiger partial charge in [0.25, 0.3) is 5.91 Å². The first-order chi connectivity index (χ1) is 13.9. The summed E-state index contributed by atoms with van der Waals surface area (Å²) in [6.45, 7) is 0.846. The van der Waals surface area contributed by atoms with Gasteiger partial charge in [-0.25, -0.2) is 0 Å². The Morgan fingerprint density at radius 1 is 1.07 bits per heavy atom. The van der Waals surface area contributed by atoms with E-state index in [1.807, 2.05) is 0 Å². The molecule has 1 aliphatic heterocycles. The maximum atomic E-state index is 12.4. The van der Waals surface area contributed by atoms with Crippen LogP contribution < -0.4 is 5.32 Å². The van der Waals surface area contributed by atoms with Crippen LogP contribution in [-0.2, 0) is 23.9 Å². The summed E-state index contributed by atoms with van der Waals surface area (Å²) in [5.74, 6) is -2.35. The van der Waals surface area contributed by atoms with Gasteiger partial charge in [-0.3, -0.25) is 28.9 Å². The third kappa shape index (κ3) is 4.70. The number of anilines is 1. The van der Waals surface area contributed by atoms with E-state index in [1.165, 1.54) is 6.92 Å². The number of hydrogen-bond donors (Lipinski definition) is 1. The number of esters is 1. The van der Waals surface area contributed by atoms with E-state index in [1.54, 1.807) is 24.3 Å². The van der Waals surface area contributed by atoms with E-state index < -0.39 is 18.5 Å². The van der Waals surface area contributed by atoms with Crippen molar-refractivity contribution in [2.45, 2.75) is 39.0 Å². The fourth-order valence-electron chi connectivity index (χ4n) is 3.96. The molecule has 8 heteroatoms. The molecule has 2 aliphatic rings. The number of fused-ring (bicyclic) bond motifs is 1. The van der Waals surface area contributed by atoms with E-state index >= 15 is 0 Å². The fourth-order valence-corrected chi connectivity index (χ4v) is 3.96. The molecule has 29 heavy (non-hydrogen) atoms. The molecule has 3 amide bonds. The molecule has 8 nitrogen and oxygen atoms in total. The van der Waals surface area contributed by atoms with Crippen molar-refractivity contribution in [2.75, 3.05) is 18.5 Å². The monoisotopic (exact) mass is 400 g/mol. The molecule has 0 spiro atoms. The number of likely N-dealkylation sites (tertiary alicyclic amines) is 1. The summed E-state index contributed by atoms with van der Waals surface area (Å²) >= 11 is 0. The molecular weight excluding hydrogens is 376 g/mol. The Kier molecular flexibility index (Phi) is 6.41. The number of hydrogen-bond acceptors (Lipinski definition) is 6. The Morgan fingerprint density at radius 2 is 1.69 bits per heavy atom. The smallest absolute Gasteiger partial charge is 0.308 e. The standard InChI is InChI=1S/C21H24N2O6/c1-13(24)14-6-4-5-9-17(14)22-18(25)12-29-19(26)10-11-23-20(27)15-7-2-3-8-16(15)21(23)28/h4-6,9,15-16H,2-3,7-8,10-12H2,1H3,(H,22,25)/t15-,16+. The first kappa shape index (κ1) is 20.7. The van der Waals surface area contributed by atoms with E-state index in [0.717, 1.165) is 30.6 Å². The molecule has 154 valence electrons. The van der Waals surface area contributed by atoms with Gasteiger partial charge in [-0.1, -0.05) is 25.0 Å². The van der Waals surface area contributed by atoms with Gasteiger partial charge in [0.2, 0.25) is 11.8 Å². The summed E-state index contributed by atoms with van der Waals surface area (Å²) < 4.78 is 4.94. The number of carbonyl (C=O) groups excluding carboxylic acids is 5. The van der Waals surface area contributed by atoms with E-state index in [-0.39, 0.29) is 42.4 Å². The second-order valence-corrected chi connectivity index (χ2v) is 7.39. The molecule has 0 aromatic heterocycles. The van der Waals surface area contributed by atoms with Crippen LogP contribution in [0.2, 0.25) is 0 Å². The van der Waals surface area contributed by atoms with E-state index in [0.29, 0.717) is 11.3 Å². The second kappa shape index (κ2) is 8.98. The van der Waals surface area contributed by atoms with Crippen LogP contribution in [0.3, 0.4) is 0 Å².